The molecule has 0 amide bonds. The number of hydrogen-bond donors (Lipinski definition) is 0. The van der Waals surface area contributed by atoms with Crippen LogP contribution in [-0.4, -0.2) is 9.97 Å². The van der Waals surface area contributed by atoms with Crippen LogP contribution in [0, 0.1) is 12.1 Å². The predicted octanol–water partition coefficient (Wildman–Crippen LogP) is 7.30. The number of rotatable bonds is 4. The predicted molar refractivity (Wildman–Crippen MR) is 131 cm³/mol. The summed E-state index contributed by atoms with van der Waals surface area (Å²) in [6.45, 7) is 0. The van der Waals surface area contributed by atoms with E-state index in [0.29, 0.717) is 11.6 Å². The van der Waals surface area contributed by atoms with Gasteiger partial charge in [0.15, 0.2) is 11.6 Å². The van der Waals surface area contributed by atoms with E-state index in [4.69, 9.17) is 9.40 Å². The lowest BCUT2D eigenvalue weighted by molar-refractivity contribution is 0.589. The average Bonchev–Trinajstić information content (AvgIpc) is 3.29. The van der Waals surface area contributed by atoms with Crippen LogP contribution in [0.15, 0.2) is 95.6 Å². The smallest absolute Gasteiger partial charge is 0.196 e. The molecule has 0 aliphatic heterocycles. The molecular formula is C30H20N2O. The van der Waals surface area contributed by atoms with Gasteiger partial charge in [-0.3, -0.25) is 0 Å². The molecule has 5 aromatic rings. The van der Waals surface area contributed by atoms with E-state index in [1.807, 2.05) is 48.5 Å². The van der Waals surface area contributed by atoms with Crippen molar-refractivity contribution in [2.45, 2.75) is 12.8 Å². The maximum atomic E-state index is 6.59. The van der Waals surface area contributed by atoms with Crippen molar-refractivity contribution in [3.8, 4) is 45.3 Å². The fraction of sp³-hybridized carbons (Fsp3) is 0.0667. The molecule has 0 N–H and O–H groups in total. The van der Waals surface area contributed by atoms with Crippen LogP contribution in [0.2, 0.25) is 0 Å². The standard InChI is InChI=1S/C30H20N2O/c1-3-11-21(12-4-1)23-15-7-8-16-24(23)28-25-17-9-10-18-26(25)29(33-28)30-31-20-19-27(32-30)22-13-5-2-6-14-22/h1-3,5-8,10-11,13-16,18-20H,9,17H2. The molecule has 0 saturated heterocycles. The van der Waals surface area contributed by atoms with Gasteiger partial charge in [0.05, 0.1) is 5.69 Å². The van der Waals surface area contributed by atoms with Gasteiger partial charge >= 0.3 is 0 Å². The van der Waals surface area contributed by atoms with Gasteiger partial charge in [-0.05, 0) is 31.0 Å². The van der Waals surface area contributed by atoms with Crippen molar-refractivity contribution < 1.29 is 4.42 Å². The van der Waals surface area contributed by atoms with Crippen LogP contribution in [0.5, 0.6) is 0 Å². The monoisotopic (exact) mass is 424 g/mol. The topological polar surface area (TPSA) is 38.9 Å². The van der Waals surface area contributed by atoms with Gasteiger partial charge in [-0.15, -0.1) is 0 Å². The number of benzene rings is 2. The summed E-state index contributed by atoms with van der Waals surface area (Å²) in [6.07, 6.45) is 8.04. The highest BCUT2D eigenvalue weighted by molar-refractivity contribution is 5.86. The van der Waals surface area contributed by atoms with E-state index in [1.165, 1.54) is 5.56 Å². The zero-order valence-corrected chi connectivity index (χ0v) is 18.0. The SMILES string of the molecule is c1cccc(-c2ccccc2-c2oc(-c3nccc(-c4ccccc4)n3)c3c2CCC=C3)c#1. The lowest BCUT2D eigenvalue weighted by Crippen LogP contribution is -1.95. The fourth-order valence-electron chi connectivity index (χ4n) is 4.38. The van der Waals surface area contributed by atoms with Crippen molar-refractivity contribution in [2.24, 2.45) is 0 Å². The summed E-state index contributed by atoms with van der Waals surface area (Å²) in [5, 5.41) is 0. The van der Waals surface area contributed by atoms with Crippen LogP contribution in [0.1, 0.15) is 17.5 Å². The minimum Gasteiger partial charge on any atom is -0.452 e. The van der Waals surface area contributed by atoms with E-state index in [-0.39, 0.29) is 0 Å². The Morgan fingerprint density at radius 1 is 0.818 bits per heavy atom. The molecule has 0 saturated carbocycles. The second-order valence-corrected chi connectivity index (χ2v) is 7.98. The lowest BCUT2D eigenvalue weighted by Gasteiger charge is -2.10. The molecule has 0 unspecified atom stereocenters. The third-order valence-electron chi connectivity index (χ3n) is 5.93. The van der Waals surface area contributed by atoms with Crippen molar-refractivity contribution in [3.63, 3.8) is 0 Å². The van der Waals surface area contributed by atoms with Crippen molar-refractivity contribution in [2.75, 3.05) is 0 Å². The number of allylic oxidation sites excluding steroid dienone is 1. The first-order chi connectivity index (χ1) is 16.4. The maximum Gasteiger partial charge on any atom is 0.196 e. The van der Waals surface area contributed by atoms with Gasteiger partial charge in [-0.25, -0.2) is 9.97 Å². The van der Waals surface area contributed by atoms with Crippen LogP contribution >= 0.6 is 0 Å². The van der Waals surface area contributed by atoms with Gasteiger partial charge in [-0.1, -0.05) is 84.9 Å². The highest BCUT2D eigenvalue weighted by atomic mass is 16.3. The first-order valence-electron chi connectivity index (χ1n) is 11.1. The van der Waals surface area contributed by atoms with E-state index >= 15 is 0 Å². The molecule has 0 bridgehead atoms. The molecule has 0 atom stereocenters. The minimum atomic E-state index is 0.600. The van der Waals surface area contributed by atoms with E-state index in [0.717, 1.165) is 52.1 Å². The maximum absolute atomic E-state index is 6.59. The number of furan rings is 1. The number of aromatic nitrogens is 2. The largest absolute Gasteiger partial charge is 0.452 e. The normalized spacial score (nSPS) is 12.2. The summed E-state index contributed by atoms with van der Waals surface area (Å²) in [5.41, 5.74) is 7.32. The van der Waals surface area contributed by atoms with Gasteiger partial charge in [0, 0.05) is 39.6 Å². The fourth-order valence-corrected chi connectivity index (χ4v) is 4.38. The summed E-state index contributed by atoms with van der Waals surface area (Å²) >= 11 is 0. The molecule has 0 radical (unpaired) electrons. The van der Waals surface area contributed by atoms with Gasteiger partial charge in [-0.2, -0.15) is 0 Å². The molecule has 1 aliphatic rings. The molecule has 0 fully saturated rings. The van der Waals surface area contributed by atoms with Gasteiger partial charge in [0.2, 0.25) is 0 Å². The molecule has 2 aromatic heterocycles. The Hall–Kier alpha value is -4.42. The van der Waals surface area contributed by atoms with Crippen molar-refractivity contribution >= 4 is 6.08 Å². The summed E-state index contributed by atoms with van der Waals surface area (Å²) < 4.78 is 6.59. The molecular weight excluding hydrogens is 404 g/mol. The quantitative estimate of drug-likeness (QED) is 0.304. The van der Waals surface area contributed by atoms with E-state index in [1.54, 1.807) is 6.20 Å². The molecule has 156 valence electrons. The lowest BCUT2D eigenvalue weighted by atomic mass is 9.92. The number of hydrogen-bond acceptors (Lipinski definition) is 3. The van der Waals surface area contributed by atoms with Gasteiger partial charge in [0.25, 0.3) is 0 Å². The molecule has 3 heteroatoms. The molecule has 33 heavy (non-hydrogen) atoms. The second-order valence-electron chi connectivity index (χ2n) is 7.98. The third kappa shape index (κ3) is 3.52. The Labute approximate surface area is 193 Å². The number of nitrogens with zero attached hydrogens (tertiary/aromatic N) is 2. The Morgan fingerprint density at radius 3 is 2.52 bits per heavy atom. The number of fused-ring (bicyclic) bond motifs is 1. The molecule has 3 nitrogen and oxygen atoms in total. The summed E-state index contributed by atoms with van der Waals surface area (Å²) in [6, 6.07) is 32.6. The Morgan fingerprint density at radius 2 is 1.67 bits per heavy atom. The van der Waals surface area contributed by atoms with Crippen molar-refractivity contribution in [3.05, 3.63) is 114 Å². The average molecular weight is 425 g/mol. The van der Waals surface area contributed by atoms with Crippen LogP contribution in [-0.2, 0) is 6.42 Å². The minimum absolute atomic E-state index is 0.600. The Bertz CT molecular complexity index is 1450. The first kappa shape index (κ1) is 19.3. The van der Waals surface area contributed by atoms with Gasteiger partial charge in [0.1, 0.15) is 5.76 Å². The van der Waals surface area contributed by atoms with Crippen LogP contribution in [0.3, 0.4) is 0 Å². The van der Waals surface area contributed by atoms with Crippen molar-refractivity contribution in [1.29, 1.82) is 0 Å². The summed E-state index contributed by atoms with van der Waals surface area (Å²) in [4.78, 5) is 9.44. The zero-order valence-electron chi connectivity index (χ0n) is 18.0. The van der Waals surface area contributed by atoms with E-state index < -0.39 is 0 Å². The summed E-state index contributed by atoms with van der Waals surface area (Å²) in [7, 11) is 0. The van der Waals surface area contributed by atoms with Crippen molar-refractivity contribution in [1.82, 2.24) is 9.97 Å². The molecule has 6 rings (SSSR count). The third-order valence-corrected chi connectivity index (χ3v) is 5.93. The molecule has 2 heterocycles. The second kappa shape index (κ2) is 8.26. The molecule has 1 aliphatic carbocycles. The van der Waals surface area contributed by atoms with Gasteiger partial charge < -0.3 is 4.42 Å². The zero-order chi connectivity index (χ0) is 22.0. The van der Waals surface area contributed by atoms with Crippen LogP contribution in [0.4, 0.5) is 0 Å². The Balaban J connectivity index is 1.53. The Kier molecular flexibility index (Phi) is 4.82. The molecule has 3 aromatic carbocycles. The molecule has 0 spiro atoms. The highest BCUT2D eigenvalue weighted by Gasteiger charge is 2.25. The van der Waals surface area contributed by atoms with Crippen LogP contribution in [0.25, 0.3) is 51.4 Å². The summed E-state index contributed by atoms with van der Waals surface area (Å²) in [5.74, 6) is 2.19. The van der Waals surface area contributed by atoms with E-state index in [9.17, 15) is 0 Å². The first-order valence-corrected chi connectivity index (χ1v) is 11.1. The highest BCUT2D eigenvalue weighted by Crippen LogP contribution is 2.42. The van der Waals surface area contributed by atoms with Crippen LogP contribution < -0.4 is 0 Å². The van der Waals surface area contributed by atoms with E-state index in [2.05, 4.69) is 59.6 Å².